The maximum atomic E-state index is 11.6. The molecule has 0 aromatic heterocycles. The Kier molecular flexibility index (Phi) is 5.82. The van der Waals surface area contributed by atoms with Crippen LogP contribution in [0, 0.1) is 5.92 Å². The van der Waals surface area contributed by atoms with Crippen molar-refractivity contribution in [1.29, 1.82) is 0 Å². The summed E-state index contributed by atoms with van der Waals surface area (Å²) in [5.41, 5.74) is 0.372. The first-order chi connectivity index (χ1) is 8.47. The van der Waals surface area contributed by atoms with Gasteiger partial charge in [0.1, 0.15) is 0 Å². The first-order valence-corrected chi connectivity index (χ1v) is 6.71. The van der Waals surface area contributed by atoms with E-state index in [1.807, 2.05) is 13.8 Å². The maximum absolute atomic E-state index is 11.6. The predicted octanol–water partition coefficient (Wildman–Crippen LogP) is 1.64. The topological polar surface area (TPSA) is 58.6 Å². The fourth-order valence-corrected chi connectivity index (χ4v) is 2.34. The standard InChI is InChI=1S/C14H25NO3/c1-4-18-13(16)12-5-7-14(17,8-6-12)10-15-9-11(2)3/h12,15,17H,2,4-10H2,1,3H3. The van der Waals surface area contributed by atoms with Crippen LogP contribution in [0.4, 0.5) is 0 Å². The summed E-state index contributed by atoms with van der Waals surface area (Å²) in [7, 11) is 0. The van der Waals surface area contributed by atoms with Crippen LogP contribution in [0.2, 0.25) is 0 Å². The van der Waals surface area contributed by atoms with Crippen molar-refractivity contribution in [2.75, 3.05) is 19.7 Å². The Morgan fingerprint density at radius 3 is 2.61 bits per heavy atom. The van der Waals surface area contributed by atoms with E-state index in [9.17, 15) is 9.90 Å². The van der Waals surface area contributed by atoms with Gasteiger partial charge in [0.2, 0.25) is 0 Å². The molecule has 4 nitrogen and oxygen atoms in total. The highest BCUT2D eigenvalue weighted by atomic mass is 16.5. The van der Waals surface area contributed by atoms with Gasteiger partial charge in [0, 0.05) is 13.1 Å². The summed E-state index contributed by atoms with van der Waals surface area (Å²) >= 11 is 0. The summed E-state index contributed by atoms with van der Waals surface area (Å²) < 4.78 is 5.01. The van der Waals surface area contributed by atoms with Gasteiger partial charge in [-0.05, 0) is 39.5 Å². The van der Waals surface area contributed by atoms with Crippen LogP contribution in [0.15, 0.2) is 12.2 Å². The van der Waals surface area contributed by atoms with E-state index in [0.717, 1.165) is 12.1 Å². The molecular formula is C14H25NO3. The zero-order valence-corrected chi connectivity index (χ0v) is 11.5. The van der Waals surface area contributed by atoms with Gasteiger partial charge in [-0.15, -0.1) is 0 Å². The zero-order chi connectivity index (χ0) is 13.6. The van der Waals surface area contributed by atoms with Gasteiger partial charge >= 0.3 is 5.97 Å². The number of aliphatic hydroxyl groups is 1. The molecule has 0 saturated heterocycles. The Balaban J connectivity index is 2.32. The first-order valence-electron chi connectivity index (χ1n) is 6.71. The SMILES string of the molecule is C=C(C)CNCC1(O)CCC(C(=O)OCC)CC1. The van der Waals surface area contributed by atoms with Crippen molar-refractivity contribution in [3.05, 3.63) is 12.2 Å². The first kappa shape index (κ1) is 15.2. The van der Waals surface area contributed by atoms with Gasteiger partial charge in [0.15, 0.2) is 0 Å². The lowest BCUT2D eigenvalue weighted by Crippen LogP contribution is -2.45. The Morgan fingerprint density at radius 2 is 2.11 bits per heavy atom. The Bertz CT molecular complexity index is 293. The molecule has 1 fully saturated rings. The van der Waals surface area contributed by atoms with Gasteiger partial charge in [-0.2, -0.15) is 0 Å². The van der Waals surface area contributed by atoms with Gasteiger partial charge in [0.05, 0.1) is 18.1 Å². The van der Waals surface area contributed by atoms with Crippen LogP contribution in [-0.4, -0.2) is 36.4 Å². The van der Waals surface area contributed by atoms with Gasteiger partial charge in [-0.1, -0.05) is 12.2 Å². The molecule has 0 aromatic carbocycles. The second kappa shape index (κ2) is 6.90. The lowest BCUT2D eigenvalue weighted by atomic mass is 9.79. The molecular weight excluding hydrogens is 230 g/mol. The monoisotopic (exact) mass is 255 g/mol. The summed E-state index contributed by atoms with van der Waals surface area (Å²) in [4.78, 5) is 11.6. The molecule has 0 spiro atoms. The molecule has 4 heteroatoms. The van der Waals surface area contributed by atoms with E-state index < -0.39 is 5.60 Å². The number of nitrogens with one attached hydrogen (secondary N) is 1. The minimum atomic E-state index is -0.682. The summed E-state index contributed by atoms with van der Waals surface area (Å²) in [6.45, 7) is 9.30. The highest BCUT2D eigenvalue weighted by Crippen LogP contribution is 2.32. The van der Waals surface area contributed by atoms with Crippen LogP contribution in [0.25, 0.3) is 0 Å². The number of hydrogen-bond acceptors (Lipinski definition) is 4. The maximum Gasteiger partial charge on any atom is 0.308 e. The average molecular weight is 255 g/mol. The van der Waals surface area contributed by atoms with Crippen LogP contribution in [-0.2, 0) is 9.53 Å². The van der Waals surface area contributed by atoms with Crippen molar-refractivity contribution >= 4 is 5.97 Å². The second-order valence-corrected chi connectivity index (χ2v) is 5.31. The van der Waals surface area contributed by atoms with Gasteiger partial charge in [-0.3, -0.25) is 4.79 Å². The fourth-order valence-electron chi connectivity index (χ4n) is 2.34. The van der Waals surface area contributed by atoms with Crippen LogP contribution >= 0.6 is 0 Å². The number of rotatable bonds is 6. The normalized spacial score (nSPS) is 27.8. The van der Waals surface area contributed by atoms with E-state index in [0.29, 0.717) is 38.8 Å². The van der Waals surface area contributed by atoms with Crippen LogP contribution in [0.1, 0.15) is 39.5 Å². The van der Waals surface area contributed by atoms with E-state index in [1.54, 1.807) is 0 Å². The third kappa shape index (κ3) is 4.78. The van der Waals surface area contributed by atoms with Crippen molar-refractivity contribution in [3.8, 4) is 0 Å². The molecule has 0 aromatic rings. The summed E-state index contributed by atoms with van der Waals surface area (Å²) in [6.07, 6.45) is 2.73. The molecule has 1 rings (SSSR count). The fraction of sp³-hybridized carbons (Fsp3) is 0.786. The van der Waals surface area contributed by atoms with E-state index in [1.165, 1.54) is 0 Å². The molecule has 0 radical (unpaired) electrons. The molecule has 0 atom stereocenters. The molecule has 1 aliphatic carbocycles. The van der Waals surface area contributed by atoms with Crippen LogP contribution in [0.3, 0.4) is 0 Å². The van der Waals surface area contributed by atoms with Crippen molar-refractivity contribution in [1.82, 2.24) is 5.32 Å². The molecule has 18 heavy (non-hydrogen) atoms. The molecule has 0 unspecified atom stereocenters. The summed E-state index contributed by atoms with van der Waals surface area (Å²) in [6, 6.07) is 0. The molecule has 104 valence electrons. The quantitative estimate of drug-likeness (QED) is 0.559. The molecule has 1 aliphatic rings. The molecule has 0 bridgehead atoms. The predicted molar refractivity (Wildman–Crippen MR) is 71.2 cm³/mol. The highest BCUT2D eigenvalue weighted by Gasteiger charge is 2.35. The minimum Gasteiger partial charge on any atom is -0.466 e. The number of carbonyl (C=O) groups excluding carboxylic acids is 1. The lowest BCUT2D eigenvalue weighted by Gasteiger charge is -2.35. The Morgan fingerprint density at radius 1 is 1.50 bits per heavy atom. The smallest absolute Gasteiger partial charge is 0.308 e. The van der Waals surface area contributed by atoms with E-state index in [4.69, 9.17) is 4.74 Å². The van der Waals surface area contributed by atoms with E-state index in [-0.39, 0.29) is 11.9 Å². The Labute approximate surface area is 109 Å². The lowest BCUT2D eigenvalue weighted by molar-refractivity contribution is -0.151. The largest absolute Gasteiger partial charge is 0.466 e. The van der Waals surface area contributed by atoms with Gasteiger partial charge < -0.3 is 15.2 Å². The van der Waals surface area contributed by atoms with Crippen LogP contribution in [0.5, 0.6) is 0 Å². The third-order valence-electron chi connectivity index (χ3n) is 3.42. The van der Waals surface area contributed by atoms with Crippen molar-refractivity contribution in [2.24, 2.45) is 5.92 Å². The highest BCUT2D eigenvalue weighted by molar-refractivity contribution is 5.72. The van der Waals surface area contributed by atoms with Crippen molar-refractivity contribution in [3.63, 3.8) is 0 Å². The molecule has 0 aliphatic heterocycles. The van der Waals surface area contributed by atoms with Gasteiger partial charge in [0.25, 0.3) is 0 Å². The summed E-state index contributed by atoms with van der Waals surface area (Å²) in [5.74, 6) is -0.152. The number of hydrogen-bond donors (Lipinski definition) is 2. The number of carbonyl (C=O) groups is 1. The molecule has 2 N–H and O–H groups in total. The van der Waals surface area contributed by atoms with Crippen LogP contribution < -0.4 is 5.32 Å². The van der Waals surface area contributed by atoms with E-state index >= 15 is 0 Å². The number of esters is 1. The second-order valence-electron chi connectivity index (χ2n) is 5.31. The summed E-state index contributed by atoms with van der Waals surface area (Å²) in [5, 5.41) is 13.6. The van der Waals surface area contributed by atoms with E-state index in [2.05, 4.69) is 11.9 Å². The molecule has 0 heterocycles. The minimum absolute atomic E-state index is 0.0358. The average Bonchev–Trinajstić information content (AvgIpc) is 2.29. The molecule has 1 saturated carbocycles. The third-order valence-corrected chi connectivity index (χ3v) is 3.42. The molecule has 0 amide bonds. The van der Waals surface area contributed by atoms with Gasteiger partial charge in [-0.25, -0.2) is 0 Å². The van der Waals surface area contributed by atoms with Crippen molar-refractivity contribution in [2.45, 2.75) is 45.1 Å². The Hall–Kier alpha value is -0.870. The van der Waals surface area contributed by atoms with Crippen molar-refractivity contribution < 1.29 is 14.6 Å². The number of ether oxygens (including phenoxy) is 1. The zero-order valence-electron chi connectivity index (χ0n) is 11.5.